The highest BCUT2D eigenvalue weighted by Gasteiger charge is 2.17. The molecule has 0 bridgehead atoms. The fourth-order valence-corrected chi connectivity index (χ4v) is 2.97. The van der Waals surface area contributed by atoms with Crippen molar-refractivity contribution in [2.45, 2.75) is 13.0 Å². The highest BCUT2D eigenvalue weighted by atomic mass is 16.5. The number of aromatic nitrogens is 3. The number of ether oxygens (including phenoxy) is 1. The van der Waals surface area contributed by atoms with Crippen molar-refractivity contribution < 1.29 is 14.1 Å². The fraction of sp³-hybridized carbons (Fsp3) is 0.182. The summed E-state index contributed by atoms with van der Waals surface area (Å²) >= 11 is 0. The highest BCUT2D eigenvalue weighted by Crippen LogP contribution is 2.25. The van der Waals surface area contributed by atoms with Gasteiger partial charge in [0.15, 0.2) is 11.5 Å². The lowest BCUT2D eigenvalue weighted by Gasteiger charge is -2.14. The molecule has 4 rings (SSSR count). The predicted molar refractivity (Wildman–Crippen MR) is 107 cm³/mol. The lowest BCUT2D eigenvalue weighted by Crippen LogP contribution is -2.29. The first-order valence-corrected chi connectivity index (χ1v) is 9.27. The van der Waals surface area contributed by atoms with Gasteiger partial charge in [0, 0.05) is 61.1 Å². The summed E-state index contributed by atoms with van der Waals surface area (Å²) in [7, 11) is 1.74. The molecule has 0 aliphatic carbocycles. The van der Waals surface area contributed by atoms with Crippen LogP contribution in [-0.2, 0) is 13.0 Å². The Morgan fingerprint density at radius 2 is 2.07 bits per heavy atom. The molecule has 0 radical (unpaired) electrons. The Kier molecular flexibility index (Phi) is 5.47. The normalized spacial score (nSPS) is 10.8. The average Bonchev–Trinajstić information content (AvgIpc) is 3.25. The molecule has 3 aromatic heterocycles. The van der Waals surface area contributed by atoms with Gasteiger partial charge in [-0.25, -0.2) is 0 Å². The molecule has 29 heavy (non-hydrogen) atoms. The minimum Gasteiger partial charge on any atom is -0.485 e. The van der Waals surface area contributed by atoms with Crippen LogP contribution in [0.3, 0.4) is 0 Å². The molecule has 3 heterocycles. The highest BCUT2D eigenvalue weighted by molar-refractivity contribution is 5.92. The lowest BCUT2D eigenvalue weighted by atomic mass is 10.1. The number of rotatable bonds is 7. The van der Waals surface area contributed by atoms with Crippen LogP contribution >= 0.6 is 0 Å². The Labute approximate surface area is 167 Å². The van der Waals surface area contributed by atoms with Gasteiger partial charge in [-0.2, -0.15) is 0 Å². The van der Waals surface area contributed by atoms with E-state index < -0.39 is 0 Å². The van der Waals surface area contributed by atoms with Crippen LogP contribution in [-0.4, -0.2) is 39.5 Å². The van der Waals surface area contributed by atoms with Gasteiger partial charge in [-0.3, -0.25) is 14.8 Å². The molecule has 0 aliphatic heterocycles. The quantitative estimate of drug-likeness (QED) is 0.482. The molecule has 0 saturated heterocycles. The second-order valence-electron chi connectivity index (χ2n) is 6.62. The third-order valence-electron chi connectivity index (χ3n) is 4.56. The zero-order valence-corrected chi connectivity index (χ0v) is 16.0. The monoisotopic (exact) mass is 388 g/mol. The van der Waals surface area contributed by atoms with Crippen molar-refractivity contribution in [1.29, 1.82) is 0 Å². The van der Waals surface area contributed by atoms with Gasteiger partial charge in [-0.15, -0.1) is 0 Å². The molecule has 1 aromatic carbocycles. The number of hydrogen-bond donors (Lipinski definition) is 0. The molecule has 146 valence electrons. The van der Waals surface area contributed by atoms with Crippen LogP contribution in [0.4, 0.5) is 0 Å². The number of fused-ring (bicyclic) bond motifs is 1. The van der Waals surface area contributed by atoms with Gasteiger partial charge >= 0.3 is 0 Å². The van der Waals surface area contributed by atoms with Gasteiger partial charge in [0.2, 0.25) is 0 Å². The minimum atomic E-state index is -0.202. The van der Waals surface area contributed by atoms with Crippen LogP contribution in [0.25, 0.3) is 10.8 Å². The molecular formula is C22H20N4O3. The van der Waals surface area contributed by atoms with E-state index in [1.807, 2.05) is 42.5 Å². The van der Waals surface area contributed by atoms with E-state index in [0.717, 1.165) is 22.2 Å². The number of carbonyl (C=O) groups excluding carboxylic acids is 1. The van der Waals surface area contributed by atoms with Crippen molar-refractivity contribution in [3.63, 3.8) is 0 Å². The van der Waals surface area contributed by atoms with E-state index in [0.29, 0.717) is 18.7 Å². The summed E-state index contributed by atoms with van der Waals surface area (Å²) in [6.45, 7) is 0.720. The molecule has 7 nitrogen and oxygen atoms in total. The van der Waals surface area contributed by atoms with Crippen molar-refractivity contribution in [3.8, 4) is 5.75 Å². The number of nitrogens with zero attached hydrogens (tertiary/aromatic N) is 4. The van der Waals surface area contributed by atoms with Gasteiger partial charge in [0.25, 0.3) is 5.91 Å². The zero-order chi connectivity index (χ0) is 20.1. The first-order chi connectivity index (χ1) is 14.2. The number of benzene rings is 1. The van der Waals surface area contributed by atoms with E-state index in [9.17, 15) is 4.79 Å². The van der Waals surface area contributed by atoms with Crippen molar-refractivity contribution in [1.82, 2.24) is 20.0 Å². The third kappa shape index (κ3) is 4.40. The first kappa shape index (κ1) is 18.6. The number of hydrogen-bond acceptors (Lipinski definition) is 6. The fourth-order valence-electron chi connectivity index (χ4n) is 2.97. The molecule has 0 unspecified atom stereocenters. The molecule has 0 fully saturated rings. The van der Waals surface area contributed by atoms with Crippen molar-refractivity contribution in [2.24, 2.45) is 0 Å². The van der Waals surface area contributed by atoms with Crippen LogP contribution in [0.5, 0.6) is 5.75 Å². The Morgan fingerprint density at radius 1 is 1.14 bits per heavy atom. The number of amides is 1. The second-order valence-corrected chi connectivity index (χ2v) is 6.62. The second kappa shape index (κ2) is 8.52. The number of likely N-dealkylation sites (N-methyl/N-ethyl adjacent to an activating group) is 1. The van der Waals surface area contributed by atoms with E-state index in [-0.39, 0.29) is 18.2 Å². The van der Waals surface area contributed by atoms with E-state index in [1.165, 1.54) is 0 Å². The van der Waals surface area contributed by atoms with Crippen LogP contribution < -0.4 is 4.74 Å². The topological polar surface area (TPSA) is 81.4 Å². The molecular weight excluding hydrogens is 368 g/mol. The molecule has 0 atom stereocenters. The van der Waals surface area contributed by atoms with Gasteiger partial charge in [0.1, 0.15) is 12.4 Å². The smallest absolute Gasteiger partial charge is 0.275 e. The maximum Gasteiger partial charge on any atom is 0.275 e. The summed E-state index contributed by atoms with van der Waals surface area (Å²) in [5.74, 6) is 1.01. The van der Waals surface area contributed by atoms with Crippen LogP contribution in [0, 0.1) is 0 Å². The summed E-state index contributed by atoms with van der Waals surface area (Å²) in [5.41, 5.74) is 1.20. The molecule has 0 N–H and O–H groups in total. The molecule has 0 saturated carbocycles. The summed E-state index contributed by atoms with van der Waals surface area (Å²) in [5, 5.41) is 5.85. The average molecular weight is 388 g/mol. The van der Waals surface area contributed by atoms with E-state index in [2.05, 4.69) is 15.1 Å². The molecule has 0 aliphatic rings. The van der Waals surface area contributed by atoms with E-state index in [1.54, 1.807) is 36.6 Å². The van der Waals surface area contributed by atoms with Crippen molar-refractivity contribution in [3.05, 3.63) is 84.3 Å². The predicted octanol–water partition coefficient (Wildman–Crippen LogP) is 3.51. The van der Waals surface area contributed by atoms with Gasteiger partial charge < -0.3 is 14.2 Å². The first-order valence-electron chi connectivity index (χ1n) is 9.27. The Morgan fingerprint density at radius 3 is 2.93 bits per heavy atom. The Hall–Kier alpha value is -3.74. The summed E-state index contributed by atoms with van der Waals surface area (Å²) in [4.78, 5) is 22.6. The van der Waals surface area contributed by atoms with Gasteiger partial charge in [-0.1, -0.05) is 23.4 Å². The largest absolute Gasteiger partial charge is 0.485 e. The van der Waals surface area contributed by atoms with Gasteiger partial charge in [-0.05, 0) is 24.3 Å². The Balaban J connectivity index is 1.37. The Bertz CT molecular complexity index is 1110. The summed E-state index contributed by atoms with van der Waals surface area (Å²) < 4.78 is 11.2. The van der Waals surface area contributed by atoms with Crippen LogP contribution in [0.15, 0.2) is 71.6 Å². The van der Waals surface area contributed by atoms with Gasteiger partial charge in [0.05, 0.1) is 0 Å². The molecule has 0 spiro atoms. The molecule has 1 amide bonds. The maximum absolute atomic E-state index is 12.6. The minimum absolute atomic E-state index is 0.180. The van der Waals surface area contributed by atoms with Crippen molar-refractivity contribution in [2.75, 3.05) is 13.6 Å². The maximum atomic E-state index is 12.6. The lowest BCUT2D eigenvalue weighted by molar-refractivity contribution is 0.0785. The number of carbonyl (C=O) groups is 1. The standard InChI is InChI=1S/C22H20N4O3/c1-26(12-9-17-6-2-3-10-24-17)22(27)20-13-18(29-25-20)15-28-21-7-4-5-16-14-23-11-8-19(16)21/h2-8,10-11,13-14H,9,12,15H2,1H3. The van der Waals surface area contributed by atoms with Crippen molar-refractivity contribution >= 4 is 16.7 Å². The summed E-state index contributed by atoms with van der Waals surface area (Å²) in [6.07, 6.45) is 5.93. The molecule has 4 aromatic rings. The third-order valence-corrected chi connectivity index (χ3v) is 4.56. The SMILES string of the molecule is CN(CCc1ccccn1)C(=O)c1cc(COc2cccc3cnccc23)on1. The van der Waals surface area contributed by atoms with E-state index in [4.69, 9.17) is 9.26 Å². The zero-order valence-electron chi connectivity index (χ0n) is 16.0. The number of pyridine rings is 2. The van der Waals surface area contributed by atoms with Crippen LogP contribution in [0.1, 0.15) is 21.9 Å². The molecule has 7 heteroatoms. The van der Waals surface area contributed by atoms with Crippen LogP contribution in [0.2, 0.25) is 0 Å². The summed E-state index contributed by atoms with van der Waals surface area (Å²) in [6, 6.07) is 15.0. The van der Waals surface area contributed by atoms with E-state index >= 15 is 0 Å².